The number of carbonyl (C=O) groups is 1. The Morgan fingerprint density at radius 2 is 2.11 bits per heavy atom. The van der Waals surface area contributed by atoms with Gasteiger partial charge in [-0.15, -0.1) is 0 Å². The Balaban J connectivity index is 1.95. The molecule has 1 N–H and O–H groups in total. The number of hydrogen-bond acceptors (Lipinski definition) is 3. The Labute approximate surface area is 109 Å². The largest absolute Gasteiger partial charge is 0.479 e. The number of aliphatic carboxylic acids is 1. The molecule has 19 heavy (non-hydrogen) atoms. The molecule has 1 aliphatic heterocycles. The number of nitrogens with zero attached hydrogens (tertiary/aromatic N) is 1. The van der Waals surface area contributed by atoms with E-state index in [1.165, 1.54) is 12.1 Å². The molecule has 0 aromatic heterocycles. The summed E-state index contributed by atoms with van der Waals surface area (Å²) in [6, 6.07) is 6.09. The molecule has 1 saturated heterocycles. The van der Waals surface area contributed by atoms with E-state index in [1.54, 1.807) is 12.1 Å². The van der Waals surface area contributed by atoms with Gasteiger partial charge in [0, 0.05) is 25.2 Å². The second-order valence-electron chi connectivity index (χ2n) is 4.48. The predicted octanol–water partition coefficient (Wildman–Crippen LogP) is 1.91. The summed E-state index contributed by atoms with van der Waals surface area (Å²) in [6.45, 7) is 1.86. The predicted molar refractivity (Wildman–Crippen MR) is 64.1 cm³/mol. The molecule has 0 bridgehead atoms. The van der Waals surface area contributed by atoms with Gasteiger partial charge in [-0.1, -0.05) is 24.3 Å². The minimum atomic E-state index is -2.46. The first-order chi connectivity index (χ1) is 9.06. The van der Waals surface area contributed by atoms with Crippen LogP contribution in [0.3, 0.4) is 0 Å². The Bertz CT molecular complexity index is 436. The van der Waals surface area contributed by atoms with Crippen molar-refractivity contribution in [2.45, 2.75) is 19.1 Å². The van der Waals surface area contributed by atoms with E-state index in [4.69, 9.17) is 9.84 Å². The topological polar surface area (TPSA) is 49.8 Å². The molecule has 1 unspecified atom stereocenters. The van der Waals surface area contributed by atoms with Crippen LogP contribution >= 0.6 is 0 Å². The number of carboxylic acids is 1. The third-order valence-corrected chi connectivity index (χ3v) is 3.06. The van der Waals surface area contributed by atoms with Crippen LogP contribution in [0.1, 0.15) is 17.6 Å². The molecule has 0 amide bonds. The first-order valence-electron chi connectivity index (χ1n) is 6.00. The quantitative estimate of drug-likeness (QED) is 0.908. The number of rotatable bonds is 4. The van der Waals surface area contributed by atoms with Gasteiger partial charge < -0.3 is 9.84 Å². The van der Waals surface area contributed by atoms with Crippen LogP contribution in [0.4, 0.5) is 8.78 Å². The summed E-state index contributed by atoms with van der Waals surface area (Å²) in [5.74, 6) is -0.974. The van der Waals surface area contributed by atoms with E-state index in [0.717, 1.165) is 5.56 Å². The summed E-state index contributed by atoms with van der Waals surface area (Å²) in [7, 11) is 0. The van der Waals surface area contributed by atoms with E-state index in [-0.39, 0.29) is 5.56 Å². The van der Waals surface area contributed by atoms with Gasteiger partial charge in [0.15, 0.2) is 6.10 Å². The zero-order valence-corrected chi connectivity index (χ0v) is 10.3. The average molecular weight is 271 g/mol. The van der Waals surface area contributed by atoms with Crippen LogP contribution in [0.2, 0.25) is 0 Å². The minimum Gasteiger partial charge on any atom is -0.479 e. The highest BCUT2D eigenvalue weighted by atomic mass is 19.3. The molecule has 1 aromatic carbocycles. The molecular formula is C13H15F2NO3. The molecule has 1 aliphatic rings. The Hall–Kier alpha value is -1.53. The first-order valence-corrected chi connectivity index (χ1v) is 6.00. The highest BCUT2D eigenvalue weighted by Gasteiger charge is 2.26. The second-order valence-corrected chi connectivity index (χ2v) is 4.48. The zero-order chi connectivity index (χ0) is 13.8. The highest BCUT2D eigenvalue weighted by molar-refractivity contribution is 5.72. The molecule has 0 saturated carbocycles. The average Bonchev–Trinajstić information content (AvgIpc) is 2.39. The van der Waals surface area contributed by atoms with Crippen molar-refractivity contribution in [1.29, 1.82) is 0 Å². The second kappa shape index (κ2) is 6.08. The Morgan fingerprint density at radius 1 is 1.42 bits per heavy atom. The van der Waals surface area contributed by atoms with Crippen molar-refractivity contribution in [2.75, 3.05) is 19.7 Å². The Morgan fingerprint density at radius 3 is 2.68 bits per heavy atom. The number of hydrogen-bond donors (Lipinski definition) is 1. The van der Waals surface area contributed by atoms with Gasteiger partial charge in [0.05, 0.1) is 6.61 Å². The van der Waals surface area contributed by atoms with Gasteiger partial charge in [-0.05, 0) is 5.56 Å². The molecule has 0 aliphatic carbocycles. The fourth-order valence-electron chi connectivity index (χ4n) is 2.02. The molecule has 0 radical (unpaired) electrons. The van der Waals surface area contributed by atoms with Crippen molar-refractivity contribution in [3.63, 3.8) is 0 Å². The van der Waals surface area contributed by atoms with Crippen molar-refractivity contribution in [3.8, 4) is 0 Å². The fourth-order valence-corrected chi connectivity index (χ4v) is 2.02. The smallest absolute Gasteiger partial charge is 0.334 e. The van der Waals surface area contributed by atoms with Gasteiger partial charge in [-0.25, -0.2) is 13.6 Å². The fraction of sp³-hybridized carbons (Fsp3) is 0.462. The third-order valence-electron chi connectivity index (χ3n) is 3.06. The minimum absolute atomic E-state index is 0.00543. The lowest BCUT2D eigenvalue weighted by Gasteiger charge is -2.30. The van der Waals surface area contributed by atoms with Crippen LogP contribution in [-0.2, 0) is 16.1 Å². The zero-order valence-electron chi connectivity index (χ0n) is 10.3. The van der Waals surface area contributed by atoms with Crippen LogP contribution in [0.15, 0.2) is 24.3 Å². The van der Waals surface area contributed by atoms with E-state index in [1.807, 2.05) is 4.90 Å². The van der Waals surface area contributed by atoms with Gasteiger partial charge >= 0.3 is 5.97 Å². The van der Waals surface area contributed by atoms with E-state index in [9.17, 15) is 13.6 Å². The van der Waals surface area contributed by atoms with E-state index < -0.39 is 18.5 Å². The van der Waals surface area contributed by atoms with Gasteiger partial charge in [0.1, 0.15) is 0 Å². The van der Waals surface area contributed by atoms with Gasteiger partial charge in [0.25, 0.3) is 6.43 Å². The Kier molecular flexibility index (Phi) is 4.44. The van der Waals surface area contributed by atoms with Gasteiger partial charge in [0.2, 0.25) is 0 Å². The number of halogens is 2. The number of alkyl halides is 2. The van der Waals surface area contributed by atoms with Crippen LogP contribution in [0.25, 0.3) is 0 Å². The molecule has 2 rings (SSSR count). The summed E-state index contributed by atoms with van der Waals surface area (Å²) in [5, 5.41) is 8.88. The van der Waals surface area contributed by atoms with Crippen LogP contribution in [-0.4, -0.2) is 41.8 Å². The molecule has 1 heterocycles. The monoisotopic (exact) mass is 271 g/mol. The standard InChI is InChI=1S/C13H15F2NO3/c14-12(15)10-3-1-9(2-4-10)7-16-5-6-19-11(8-16)13(17)18/h1-4,11-12H,5-8H2,(H,17,18). The van der Waals surface area contributed by atoms with E-state index >= 15 is 0 Å². The van der Waals surface area contributed by atoms with Gasteiger partial charge in [-0.2, -0.15) is 0 Å². The van der Waals surface area contributed by atoms with Crippen molar-refractivity contribution in [3.05, 3.63) is 35.4 Å². The van der Waals surface area contributed by atoms with Crippen molar-refractivity contribution < 1.29 is 23.4 Å². The van der Waals surface area contributed by atoms with E-state index in [0.29, 0.717) is 26.2 Å². The lowest BCUT2D eigenvalue weighted by molar-refractivity contribution is -0.156. The van der Waals surface area contributed by atoms with Crippen LogP contribution in [0, 0.1) is 0 Å². The highest BCUT2D eigenvalue weighted by Crippen LogP contribution is 2.19. The lowest BCUT2D eigenvalue weighted by Crippen LogP contribution is -2.45. The number of morpholine rings is 1. The molecule has 104 valence electrons. The molecule has 4 nitrogen and oxygen atoms in total. The lowest BCUT2D eigenvalue weighted by atomic mass is 10.1. The molecular weight excluding hydrogens is 256 g/mol. The molecule has 0 spiro atoms. The summed E-state index contributed by atoms with van der Waals surface area (Å²) >= 11 is 0. The summed E-state index contributed by atoms with van der Waals surface area (Å²) in [4.78, 5) is 12.8. The van der Waals surface area contributed by atoms with E-state index in [2.05, 4.69) is 0 Å². The summed E-state index contributed by atoms with van der Waals surface area (Å²) in [6.07, 6.45) is -3.28. The number of ether oxygens (including phenoxy) is 1. The summed E-state index contributed by atoms with van der Waals surface area (Å²) in [5.41, 5.74) is 0.879. The van der Waals surface area contributed by atoms with Crippen molar-refractivity contribution in [2.24, 2.45) is 0 Å². The normalized spacial score (nSPS) is 20.7. The van der Waals surface area contributed by atoms with Crippen molar-refractivity contribution >= 4 is 5.97 Å². The number of carboxylic acid groups (broad SMARTS) is 1. The van der Waals surface area contributed by atoms with Crippen molar-refractivity contribution in [1.82, 2.24) is 4.90 Å². The maximum absolute atomic E-state index is 12.4. The maximum Gasteiger partial charge on any atom is 0.334 e. The first kappa shape index (κ1) is 13.9. The molecule has 1 atom stereocenters. The SMILES string of the molecule is O=C(O)C1CN(Cc2ccc(C(F)F)cc2)CCO1. The van der Waals surface area contributed by atoms with Crippen LogP contribution in [0.5, 0.6) is 0 Å². The van der Waals surface area contributed by atoms with Crippen LogP contribution < -0.4 is 0 Å². The maximum atomic E-state index is 12.4. The molecule has 1 fully saturated rings. The molecule has 6 heteroatoms. The van der Waals surface area contributed by atoms with Gasteiger partial charge in [-0.3, -0.25) is 4.90 Å². The summed E-state index contributed by atoms with van der Waals surface area (Å²) < 4.78 is 29.9. The number of benzene rings is 1. The third kappa shape index (κ3) is 3.71. The molecule has 1 aromatic rings.